The van der Waals surface area contributed by atoms with E-state index in [-0.39, 0.29) is 12.0 Å². The number of hydrogen-bond acceptors (Lipinski definition) is 8. The predicted molar refractivity (Wildman–Crippen MR) is 141 cm³/mol. The van der Waals surface area contributed by atoms with Crippen LogP contribution >= 0.6 is 11.6 Å². The molecule has 0 saturated carbocycles. The van der Waals surface area contributed by atoms with E-state index in [4.69, 9.17) is 25.8 Å². The predicted octanol–water partition coefficient (Wildman–Crippen LogP) is 6.17. The van der Waals surface area contributed by atoms with Crippen molar-refractivity contribution >= 4 is 47.0 Å². The summed E-state index contributed by atoms with van der Waals surface area (Å²) in [4.78, 5) is 42.1. The SMILES string of the molecule is COC(=O)c1cccc(CC=O)c1Nc1ccc(Oc2ccc(Cl)nc2)cc1N(C)C(=O)OC(C)(C)C. The van der Waals surface area contributed by atoms with Gasteiger partial charge in [-0.1, -0.05) is 23.7 Å². The van der Waals surface area contributed by atoms with Gasteiger partial charge in [0, 0.05) is 19.5 Å². The largest absolute Gasteiger partial charge is 0.465 e. The molecule has 0 spiro atoms. The second kappa shape index (κ2) is 11.7. The number of anilines is 3. The first kappa shape index (κ1) is 27.5. The highest BCUT2D eigenvalue weighted by molar-refractivity contribution is 6.29. The molecular formula is C27H28ClN3O6. The van der Waals surface area contributed by atoms with Crippen LogP contribution < -0.4 is 15.0 Å². The zero-order valence-electron chi connectivity index (χ0n) is 21.2. The second-order valence-corrected chi connectivity index (χ2v) is 9.35. The monoisotopic (exact) mass is 525 g/mol. The van der Waals surface area contributed by atoms with Gasteiger partial charge in [0.1, 0.15) is 28.5 Å². The first-order valence-electron chi connectivity index (χ1n) is 11.3. The minimum Gasteiger partial charge on any atom is -0.465 e. The number of amides is 1. The molecule has 0 saturated heterocycles. The van der Waals surface area contributed by atoms with Crippen LogP contribution in [0.3, 0.4) is 0 Å². The molecule has 37 heavy (non-hydrogen) atoms. The lowest BCUT2D eigenvalue weighted by Gasteiger charge is -2.27. The molecule has 0 aliphatic carbocycles. The maximum atomic E-state index is 13.0. The maximum absolute atomic E-state index is 13.0. The summed E-state index contributed by atoms with van der Waals surface area (Å²) in [7, 11) is 2.83. The molecule has 0 fully saturated rings. The summed E-state index contributed by atoms with van der Waals surface area (Å²) in [5.74, 6) is 0.280. The van der Waals surface area contributed by atoms with E-state index >= 15 is 0 Å². The van der Waals surface area contributed by atoms with Gasteiger partial charge < -0.3 is 24.3 Å². The number of aldehydes is 1. The Hall–Kier alpha value is -4.11. The van der Waals surface area contributed by atoms with E-state index in [0.29, 0.717) is 39.3 Å². The highest BCUT2D eigenvalue weighted by Crippen LogP contribution is 2.36. The van der Waals surface area contributed by atoms with E-state index in [1.165, 1.54) is 18.2 Å². The van der Waals surface area contributed by atoms with Crippen LogP contribution in [-0.2, 0) is 20.7 Å². The van der Waals surface area contributed by atoms with Crippen LogP contribution in [0.2, 0.25) is 5.15 Å². The van der Waals surface area contributed by atoms with E-state index in [2.05, 4.69) is 10.3 Å². The highest BCUT2D eigenvalue weighted by Gasteiger charge is 2.24. The molecule has 0 aliphatic heterocycles. The lowest BCUT2D eigenvalue weighted by Crippen LogP contribution is -2.34. The molecule has 3 aromatic rings. The van der Waals surface area contributed by atoms with Crippen molar-refractivity contribution in [3.05, 3.63) is 71.0 Å². The molecular weight excluding hydrogens is 498 g/mol. The minimum atomic E-state index is -0.726. The van der Waals surface area contributed by atoms with Gasteiger partial charge in [0.05, 0.1) is 35.9 Å². The Morgan fingerprint density at radius 3 is 2.46 bits per heavy atom. The van der Waals surface area contributed by atoms with E-state index in [1.807, 2.05) is 0 Å². The van der Waals surface area contributed by atoms with Gasteiger partial charge in [0.25, 0.3) is 0 Å². The van der Waals surface area contributed by atoms with Gasteiger partial charge in [-0.05, 0) is 56.7 Å². The summed E-state index contributed by atoms with van der Waals surface area (Å²) < 4.78 is 16.4. The van der Waals surface area contributed by atoms with Crippen molar-refractivity contribution in [2.24, 2.45) is 0 Å². The van der Waals surface area contributed by atoms with Crippen LogP contribution in [0, 0.1) is 0 Å². The van der Waals surface area contributed by atoms with Gasteiger partial charge >= 0.3 is 12.1 Å². The Morgan fingerprint density at radius 2 is 1.84 bits per heavy atom. The number of pyridine rings is 1. The van der Waals surface area contributed by atoms with E-state index in [1.54, 1.807) is 76.3 Å². The van der Waals surface area contributed by atoms with Crippen molar-refractivity contribution in [1.29, 1.82) is 0 Å². The quantitative estimate of drug-likeness (QED) is 0.211. The molecule has 194 valence electrons. The smallest absolute Gasteiger partial charge is 0.414 e. The molecule has 1 amide bonds. The first-order valence-corrected chi connectivity index (χ1v) is 11.7. The normalized spacial score (nSPS) is 10.9. The van der Waals surface area contributed by atoms with Crippen molar-refractivity contribution in [2.75, 3.05) is 24.4 Å². The third kappa shape index (κ3) is 7.20. The van der Waals surface area contributed by atoms with Gasteiger partial charge in [0.2, 0.25) is 0 Å². The minimum absolute atomic E-state index is 0.0647. The van der Waals surface area contributed by atoms with Gasteiger partial charge in [-0.25, -0.2) is 14.6 Å². The molecule has 2 aromatic carbocycles. The Morgan fingerprint density at radius 1 is 1.11 bits per heavy atom. The van der Waals surface area contributed by atoms with Crippen molar-refractivity contribution < 1.29 is 28.6 Å². The zero-order chi connectivity index (χ0) is 27.2. The molecule has 1 aromatic heterocycles. The number of hydrogen-bond donors (Lipinski definition) is 1. The summed E-state index contributed by atoms with van der Waals surface area (Å²) in [6, 6.07) is 13.3. The number of ether oxygens (including phenoxy) is 3. The van der Waals surface area contributed by atoms with E-state index < -0.39 is 17.7 Å². The van der Waals surface area contributed by atoms with Crippen LogP contribution in [0.4, 0.5) is 21.9 Å². The first-order chi connectivity index (χ1) is 17.5. The van der Waals surface area contributed by atoms with Crippen molar-refractivity contribution in [3.63, 3.8) is 0 Å². The molecule has 0 bridgehead atoms. The molecule has 10 heteroatoms. The second-order valence-electron chi connectivity index (χ2n) is 8.96. The Kier molecular flexibility index (Phi) is 8.73. The van der Waals surface area contributed by atoms with Crippen molar-refractivity contribution in [1.82, 2.24) is 4.98 Å². The molecule has 0 aliphatic rings. The molecule has 1 heterocycles. The summed E-state index contributed by atoms with van der Waals surface area (Å²) in [5, 5.41) is 3.54. The maximum Gasteiger partial charge on any atom is 0.414 e. The Bertz CT molecular complexity index is 1290. The molecule has 0 unspecified atom stereocenters. The number of carbonyl (C=O) groups is 3. The number of rotatable bonds is 8. The molecule has 3 rings (SSSR count). The summed E-state index contributed by atoms with van der Waals surface area (Å²) in [6.07, 6.45) is 1.68. The molecule has 1 N–H and O–H groups in total. The third-order valence-electron chi connectivity index (χ3n) is 5.05. The Balaban J connectivity index is 2.09. The molecule has 0 atom stereocenters. The number of carbonyl (C=O) groups excluding carboxylic acids is 3. The van der Waals surface area contributed by atoms with Crippen LogP contribution in [-0.4, -0.2) is 43.1 Å². The zero-order valence-corrected chi connectivity index (χ0v) is 22.0. The molecule has 9 nitrogen and oxygen atoms in total. The fraction of sp³-hybridized carbons (Fsp3) is 0.259. The van der Waals surface area contributed by atoms with Crippen molar-refractivity contribution in [3.8, 4) is 11.5 Å². The number of halogens is 1. The number of esters is 1. The van der Waals surface area contributed by atoms with Crippen LogP contribution in [0.15, 0.2) is 54.7 Å². The Labute approximate surface area is 220 Å². The fourth-order valence-corrected chi connectivity index (χ4v) is 3.48. The van der Waals surface area contributed by atoms with E-state index in [0.717, 1.165) is 6.29 Å². The molecule has 0 radical (unpaired) electrons. The number of methoxy groups -OCH3 is 1. The number of aromatic nitrogens is 1. The number of benzene rings is 2. The number of para-hydroxylation sites is 1. The lowest BCUT2D eigenvalue weighted by molar-refractivity contribution is -0.107. The van der Waals surface area contributed by atoms with Crippen LogP contribution in [0.25, 0.3) is 0 Å². The summed E-state index contributed by atoms with van der Waals surface area (Å²) in [5.41, 5.74) is 1.33. The topological polar surface area (TPSA) is 107 Å². The average Bonchev–Trinajstić information content (AvgIpc) is 2.85. The van der Waals surface area contributed by atoms with Gasteiger partial charge in [-0.15, -0.1) is 0 Å². The standard InChI is InChI=1S/C27H28ClN3O6/c1-27(2,3)37-26(34)31(4)22-15-18(36-19-10-12-23(28)29-16-19)9-11-21(22)30-24-17(13-14-32)7-6-8-20(24)25(33)35-5/h6-12,14-16,30H,13H2,1-5H3. The van der Waals surface area contributed by atoms with Crippen molar-refractivity contribution in [2.45, 2.75) is 32.8 Å². The van der Waals surface area contributed by atoms with Gasteiger partial charge in [0.15, 0.2) is 0 Å². The third-order valence-corrected chi connectivity index (χ3v) is 5.28. The number of nitrogens with zero attached hydrogens (tertiary/aromatic N) is 2. The van der Waals surface area contributed by atoms with Gasteiger partial charge in [-0.3, -0.25) is 4.90 Å². The van der Waals surface area contributed by atoms with Gasteiger partial charge in [-0.2, -0.15) is 0 Å². The highest BCUT2D eigenvalue weighted by atomic mass is 35.5. The fourth-order valence-electron chi connectivity index (χ4n) is 3.37. The van der Waals surface area contributed by atoms with Crippen LogP contribution in [0.1, 0.15) is 36.7 Å². The number of nitrogens with one attached hydrogen (secondary N) is 1. The average molecular weight is 526 g/mol. The van der Waals surface area contributed by atoms with E-state index in [9.17, 15) is 14.4 Å². The lowest BCUT2D eigenvalue weighted by atomic mass is 10.0. The summed E-state index contributed by atoms with van der Waals surface area (Å²) in [6.45, 7) is 5.30. The van der Waals surface area contributed by atoms with Crippen LogP contribution in [0.5, 0.6) is 11.5 Å². The summed E-state index contributed by atoms with van der Waals surface area (Å²) >= 11 is 5.86.